The Morgan fingerprint density at radius 1 is 1.38 bits per heavy atom. The number of ether oxygens (including phenoxy) is 2. The minimum absolute atomic E-state index is 0.108. The van der Waals surface area contributed by atoms with Gasteiger partial charge in [-0.25, -0.2) is 0 Å². The molecule has 1 atom stereocenters. The van der Waals surface area contributed by atoms with Crippen molar-refractivity contribution in [1.29, 1.82) is 0 Å². The van der Waals surface area contributed by atoms with Crippen LogP contribution in [0.3, 0.4) is 0 Å². The van der Waals surface area contributed by atoms with E-state index in [0.29, 0.717) is 32.8 Å². The number of hydrogen-bond donors (Lipinski definition) is 2. The lowest BCUT2D eigenvalue weighted by atomic mass is 10.1. The van der Waals surface area contributed by atoms with E-state index in [1.165, 1.54) is 0 Å². The van der Waals surface area contributed by atoms with Crippen molar-refractivity contribution in [3.05, 3.63) is 35.9 Å². The molecule has 0 spiro atoms. The van der Waals surface area contributed by atoms with Crippen molar-refractivity contribution in [2.45, 2.75) is 12.5 Å². The summed E-state index contributed by atoms with van der Waals surface area (Å²) in [7, 11) is 3.22. The molecular formula is C19H27N3O4. The smallest absolute Gasteiger partial charge is 0.237 e. The van der Waals surface area contributed by atoms with E-state index in [9.17, 15) is 9.59 Å². The van der Waals surface area contributed by atoms with Crippen LogP contribution in [-0.2, 0) is 14.3 Å². The molecule has 0 saturated carbocycles. The Labute approximate surface area is 154 Å². The number of nitrogens with zero attached hydrogens (tertiary/aromatic N) is 1. The molecule has 1 unspecified atom stereocenters. The van der Waals surface area contributed by atoms with Crippen molar-refractivity contribution in [2.24, 2.45) is 0 Å². The lowest BCUT2D eigenvalue weighted by Gasteiger charge is -2.33. The number of piperazine rings is 1. The Hall–Kier alpha value is -2.38. The molecule has 2 rings (SSSR count). The topological polar surface area (TPSA) is 79.9 Å². The Morgan fingerprint density at radius 3 is 2.96 bits per heavy atom. The molecule has 7 heteroatoms. The summed E-state index contributed by atoms with van der Waals surface area (Å²) in [6.07, 6.45) is 4.10. The van der Waals surface area contributed by atoms with Gasteiger partial charge in [0.1, 0.15) is 5.75 Å². The molecule has 1 saturated heterocycles. The van der Waals surface area contributed by atoms with E-state index < -0.39 is 6.04 Å². The molecule has 1 aromatic rings. The van der Waals surface area contributed by atoms with Crippen LogP contribution in [0.5, 0.6) is 5.75 Å². The van der Waals surface area contributed by atoms with Gasteiger partial charge in [-0.3, -0.25) is 14.5 Å². The van der Waals surface area contributed by atoms with Gasteiger partial charge in [0.05, 0.1) is 26.2 Å². The van der Waals surface area contributed by atoms with Gasteiger partial charge in [0, 0.05) is 38.9 Å². The average Bonchev–Trinajstić information content (AvgIpc) is 2.65. The van der Waals surface area contributed by atoms with Crippen LogP contribution in [0.1, 0.15) is 12.0 Å². The van der Waals surface area contributed by atoms with E-state index in [1.807, 2.05) is 41.3 Å². The molecule has 0 aromatic heterocycles. The number of amides is 2. The molecule has 1 heterocycles. The Kier molecular flexibility index (Phi) is 8.11. The van der Waals surface area contributed by atoms with Crippen LogP contribution in [0.2, 0.25) is 0 Å². The van der Waals surface area contributed by atoms with Crippen molar-refractivity contribution < 1.29 is 19.1 Å². The summed E-state index contributed by atoms with van der Waals surface area (Å²) in [6, 6.07) is 7.28. The Balaban J connectivity index is 1.95. The maximum absolute atomic E-state index is 12.2. The molecule has 1 aliphatic heterocycles. The third kappa shape index (κ3) is 5.86. The average molecular weight is 361 g/mol. The first kappa shape index (κ1) is 19.9. The fraction of sp³-hybridized carbons (Fsp3) is 0.474. The highest BCUT2D eigenvalue weighted by Gasteiger charge is 2.30. The Bertz CT molecular complexity index is 633. The summed E-state index contributed by atoms with van der Waals surface area (Å²) in [5.41, 5.74) is 0.977. The largest absolute Gasteiger partial charge is 0.496 e. The number of nitrogens with one attached hydrogen (secondary N) is 2. The highest BCUT2D eigenvalue weighted by atomic mass is 16.5. The van der Waals surface area contributed by atoms with Gasteiger partial charge >= 0.3 is 0 Å². The molecule has 1 aliphatic rings. The summed E-state index contributed by atoms with van der Waals surface area (Å²) >= 11 is 0. The number of rotatable bonds is 9. The first-order valence-electron chi connectivity index (χ1n) is 8.72. The van der Waals surface area contributed by atoms with E-state index in [-0.39, 0.29) is 18.2 Å². The normalized spacial score (nSPS) is 17.9. The van der Waals surface area contributed by atoms with Crippen LogP contribution in [0.15, 0.2) is 30.3 Å². The van der Waals surface area contributed by atoms with E-state index in [4.69, 9.17) is 9.47 Å². The van der Waals surface area contributed by atoms with Gasteiger partial charge in [0.25, 0.3) is 0 Å². The van der Waals surface area contributed by atoms with Gasteiger partial charge < -0.3 is 20.1 Å². The molecule has 0 aliphatic carbocycles. The maximum Gasteiger partial charge on any atom is 0.237 e. The fourth-order valence-corrected chi connectivity index (χ4v) is 2.86. The molecule has 7 nitrogen and oxygen atoms in total. The van der Waals surface area contributed by atoms with Crippen LogP contribution in [0.25, 0.3) is 6.08 Å². The molecule has 1 aromatic carbocycles. The number of carbonyl (C=O) groups is 2. The first-order valence-corrected chi connectivity index (χ1v) is 8.72. The van der Waals surface area contributed by atoms with Gasteiger partial charge in [-0.15, -0.1) is 0 Å². The number of benzene rings is 1. The summed E-state index contributed by atoms with van der Waals surface area (Å²) in [6.45, 7) is 2.77. The van der Waals surface area contributed by atoms with E-state index in [2.05, 4.69) is 10.6 Å². The van der Waals surface area contributed by atoms with Gasteiger partial charge in [0.15, 0.2) is 0 Å². The van der Waals surface area contributed by atoms with Crippen molar-refractivity contribution in [3.63, 3.8) is 0 Å². The molecule has 1 fully saturated rings. The van der Waals surface area contributed by atoms with Crippen molar-refractivity contribution in [2.75, 3.05) is 47.0 Å². The molecule has 2 N–H and O–H groups in total. The number of para-hydroxylation sites is 1. The van der Waals surface area contributed by atoms with E-state index in [0.717, 1.165) is 11.3 Å². The zero-order valence-corrected chi connectivity index (χ0v) is 15.4. The summed E-state index contributed by atoms with van der Waals surface area (Å²) in [5.74, 6) is 0.542. The molecule has 26 heavy (non-hydrogen) atoms. The van der Waals surface area contributed by atoms with Crippen molar-refractivity contribution in [1.82, 2.24) is 15.5 Å². The minimum atomic E-state index is -0.464. The van der Waals surface area contributed by atoms with Crippen molar-refractivity contribution >= 4 is 17.9 Å². The maximum atomic E-state index is 12.2. The second-order valence-electron chi connectivity index (χ2n) is 5.99. The predicted octanol–water partition coefficient (Wildman–Crippen LogP) is 0.662. The quantitative estimate of drug-likeness (QED) is 0.632. The van der Waals surface area contributed by atoms with Crippen molar-refractivity contribution in [3.8, 4) is 5.75 Å². The summed E-state index contributed by atoms with van der Waals surface area (Å²) < 4.78 is 10.2. The minimum Gasteiger partial charge on any atom is -0.496 e. The highest BCUT2D eigenvalue weighted by Crippen LogP contribution is 2.19. The van der Waals surface area contributed by atoms with E-state index >= 15 is 0 Å². The van der Waals surface area contributed by atoms with Crippen LogP contribution >= 0.6 is 0 Å². The molecule has 0 bridgehead atoms. The molecule has 0 radical (unpaired) electrons. The van der Waals surface area contributed by atoms with Gasteiger partial charge in [-0.1, -0.05) is 30.4 Å². The van der Waals surface area contributed by atoms with Crippen LogP contribution in [-0.4, -0.2) is 69.8 Å². The zero-order valence-electron chi connectivity index (χ0n) is 15.4. The standard InChI is InChI=1S/C19H27N3O4/c1-25-13-10-20-18(23)14-16-19(24)21-9-12-22(16)11-5-7-15-6-3-4-8-17(15)26-2/h3-8,16H,9-14H2,1-2H3,(H,20,23)(H,21,24). The SMILES string of the molecule is COCCNC(=O)CC1C(=O)NCCN1CC=Cc1ccccc1OC. The van der Waals surface area contributed by atoms with Gasteiger partial charge in [0.2, 0.25) is 11.8 Å². The number of methoxy groups -OCH3 is 2. The summed E-state index contributed by atoms with van der Waals surface area (Å²) in [5, 5.41) is 5.60. The monoisotopic (exact) mass is 361 g/mol. The third-order valence-corrected chi connectivity index (χ3v) is 4.23. The first-order chi connectivity index (χ1) is 12.7. The lowest BCUT2D eigenvalue weighted by Crippen LogP contribution is -2.56. The predicted molar refractivity (Wildman–Crippen MR) is 99.9 cm³/mol. The number of carbonyl (C=O) groups excluding carboxylic acids is 2. The molecule has 142 valence electrons. The van der Waals surface area contributed by atoms with Crippen LogP contribution in [0.4, 0.5) is 0 Å². The third-order valence-electron chi connectivity index (χ3n) is 4.23. The van der Waals surface area contributed by atoms with Gasteiger partial charge in [-0.05, 0) is 6.07 Å². The van der Waals surface area contributed by atoms with E-state index in [1.54, 1.807) is 14.2 Å². The highest BCUT2D eigenvalue weighted by molar-refractivity contribution is 5.88. The number of hydrogen-bond acceptors (Lipinski definition) is 5. The van der Waals surface area contributed by atoms with Crippen LogP contribution < -0.4 is 15.4 Å². The Morgan fingerprint density at radius 2 is 2.19 bits per heavy atom. The second-order valence-corrected chi connectivity index (χ2v) is 5.99. The molecule has 2 amide bonds. The van der Waals surface area contributed by atoms with Gasteiger partial charge in [-0.2, -0.15) is 0 Å². The zero-order chi connectivity index (χ0) is 18.8. The summed E-state index contributed by atoms with van der Waals surface area (Å²) in [4.78, 5) is 26.3. The lowest BCUT2D eigenvalue weighted by molar-refractivity contribution is -0.133. The second kappa shape index (κ2) is 10.6. The molecular weight excluding hydrogens is 334 g/mol. The van der Waals surface area contributed by atoms with Crippen LogP contribution in [0, 0.1) is 0 Å². The fourth-order valence-electron chi connectivity index (χ4n) is 2.86.